The fourth-order valence-electron chi connectivity index (χ4n) is 2.08. The molecule has 1 aromatic carbocycles. The lowest BCUT2D eigenvalue weighted by Gasteiger charge is -2.10. The fraction of sp³-hybridized carbons (Fsp3) is 0.267. The molecule has 0 saturated carbocycles. The summed E-state index contributed by atoms with van der Waals surface area (Å²) in [5.74, 6) is -0.947. The second-order valence-corrected chi connectivity index (χ2v) is 4.87. The summed E-state index contributed by atoms with van der Waals surface area (Å²) in [5.41, 5.74) is 2.53. The van der Waals surface area contributed by atoms with Crippen LogP contribution in [0.15, 0.2) is 16.5 Å². The average molecular weight is 288 g/mol. The van der Waals surface area contributed by atoms with E-state index in [0.29, 0.717) is 22.8 Å². The van der Waals surface area contributed by atoms with Gasteiger partial charge >= 0.3 is 5.97 Å². The number of carboxylic acid groups (broad SMARTS) is 1. The number of aryl methyl sites for hydroxylation is 3. The third kappa shape index (κ3) is 2.94. The van der Waals surface area contributed by atoms with Gasteiger partial charge in [-0.1, -0.05) is 0 Å². The topological polar surface area (TPSA) is 92.4 Å². The Labute approximate surface area is 121 Å². The molecule has 0 unspecified atom stereocenters. The predicted octanol–water partition coefficient (Wildman–Crippen LogP) is 2.86. The first-order chi connectivity index (χ1) is 9.79. The van der Waals surface area contributed by atoms with Gasteiger partial charge in [-0.2, -0.15) is 0 Å². The van der Waals surface area contributed by atoms with Gasteiger partial charge in [-0.15, -0.1) is 0 Å². The summed E-state index contributed by atoms with van der Waals surface area (Å²) in [5, 5.41) is 11.8. The summed E-state index contributed by atoms with van der Waals surface area (Å²) in [6.07, 6.45) is 0. The first kappa shape index (κ1) is 14.8. The minimum absolute atomic E-state index is 0.127. The lowest BCUT2D eigenvalue weighted by atomic mass is 10.0. The quantitative estimate of drug-likeness (QED) is 0.906. The van der Waals surface area contributed by atoms with Crippen molar-refractivity contribution < 1.29 is 19.1 Å². The monoisotopic (exact) mass is 288 g/mol. The van der Waals surface area contributed by atoms with Gasteiger partial charge < -0.3 is 14.8 Å². The standard InChI is InChI=1S/C15H16N2O4/c1-7-5-11(6-12(8(7)2)15(19)20)17-14(18)13-9(3)16-10(4)21-13/h5-6H,1-4H3,(H,17,18)(H,19,20). The number of rotatable bonds is 3. The van der Waals surface area contributed by atoms with Gasteiger partial charge in [0.15, 0.2) is 5.89 Å². The number of hydrogen-bond donors (Lipinski definition) is 2. The number of carboxylic acids is 1. The predicted molar refractivity (Wildman–Crippen MR) is 76.8 cm³/mol. The minimum Gasteiger partial charge on any atom is -0.478 e. The van der Waals surface area contributed by atoms with E-state index in [-0.39, 0.29) is 11.3 Å². The molecule has 0 aliphatic heterocycles. The van der Waals surface area contributed by atoms with Crippen LogP contribution in [0.5, 0.6) is 0 Å². The van der Waals surface area contributed by atoms with E-state index >= 15 is 0 Å². The van der Waals surface area contributed by atoms with Gasteiger partial charge in [0.05, 0.1) is 11.3 Å². The normalized spacial score (nSPS) is 10.5. The minimum atomic E-state index is -1.03. The Hall–Kier alpha value is -2.63. The van der Waals surface area contributed by atoms with Crippen molar-refractivity contribution in [3.8, 4) is 0 Å². The van der Waals surface area contributed by atoms with E-state index in [0.717, 1.165) is 5.56 Å². The third-order valence-electron chi connectivity index (χ3n) is 3.27. The number of anilines is 1. The smallest absolute Gasteiger partial charge is 0.336 e. The van der Waals surface area contributed by atoms with Crippen LogP contribution in [0.1, 0.15) is 43.6 Å². The average Bonchev–Trinajstić information content (AvgIpc) is 2.72. The number of aromatic nitrogens is 1. The maximum absolute atomic E-state index is 12.1. The molecule has 21 heavy (non-hydrogen) atoms. The van der Waals surface area contributed by atoms with Gasteiger partial charge in [0.1, 0.15) is 0 Å². The maximum atomic E-state index is 12.1. The summed E-state index contributed by atoms with van der Waals surface area (Å²) in [6, 6.07) is 3.15. The Morgan fingerprint density at radius 3 is 2.38 bits per heavy atom. The second-order valence-electron chi connectivity index (χ2n) is 4.87. The molecule has 0 fully saturated rings. The van der Waals surface area contributed by atoms with Crippen LogP contribution >= 0.6 is 0 Å². The van der Waals surface area contributed by atoms with Crippen LogP contribution in [0.25, 0.3) is 0 Å². The van der Waals surface area contributed by atoms with E-state index in [4.69, 9.17) is 4.42 Å². The van der Waals surface area contributed by atoms with Crippen LogP contribution in [0.3, 0.4) is 0 Å². The largest absolute Gasteiger partial charge is 0.478 e. The number of aromatic carboxylic acids is 1. The van der Waals surface area contributed by atoms with E-state index < -0.39 is 11.9 Å². The summed E-state index contributed by atoms with van der Waals surface area (Å²) >= 11 is 0. The molecule has 6 heteroatoms. The van der Waals surface area contributed by atoms with Crippen molar-refractivity contribution in [3.05, 3.63) is 46.2 Å². The number of carbonyl (C=O) groups is 2. The van der Waals surface area contributed by atoms with Crippen molar-refractivity contribution in [2.75, 3.05) is 5.32 Å². The van der Waals surface area contributed by atoms with E-state index in [9.17, 15) is 14.7 Å². The molecule has 0 aliphatic carbocycles. The summed E-state index contributed by atoms with van der Waals surface area (Å²) in [6.45, 7) is 6.85. The van der Waals surface area contributed by atoms with Gasteiger partial charge in [-0.05, 0) is 44.0 Å². The third-order valence-corrected chi connectivity index (χ3v) is 3.27. The highest BCUT2D eigenvalue weighted by Gasteiger charge is 2.18. The van der Waals surface area contributed by atoms with Crippen molar-refractivity contribution in [2.45, 2.75) is 27.7 Å². The van der Waals surface area contributed by atoms with E-state index in [1.807, 2.05) is 0 Å². The van der Waals surface area contributed by atoms with Crippen LogP contribution in [0.2, 0.25) is 0 Å². The molecule has 1 aromatic heterocycles. The number of nitrogens with zero attached hydrogens (tertiary/aromatic N) is 1. The van der Waals surface area contributed by atoms with Crippen LogP contribution in [0.4, 0.5) is 5.69 Å². The van der Waals surface area contributed by atoms with Crippen LogP contribution in [0, 0.1) is 27.7 Å². The molecule has 1 heterocycles. The van der Waals surface area contributed by atoms with Crippen LogP contribution in [-0.4, -0.2) is 22.0 Å². The van der Waals surface area contributed by atoms with Gasteiger partial charge in [0.2, 0.25) is 5.76 Å². The molecule has 0 saturated heterocycles. The van der Waals surface area contributed by atoms with E-state index in [1.54, 1.807) is 33.8 Å². The maximum Gasteiger partial charge on any atom is 0.336 e. The highest BCUT2D eigenvalue weighted by atomic mass is 16.4. The summed E-state index contributed by atoms with van der Waals surface area (Å²) in [7, 11) is 0. The first-order valence-electron chi connectivity index (χ1n) is 6.39. The molecule has 6 nitrogen and oxygen atoms in total. The van der Waals surface area contributed by atoms with Crippen molar-refractivity contribution >= 4 is 17.6 Å². The number of oxazole rings is 1. The molecule has 0 bridgehead atoms. The zero-order valence-electron chi connectivity index (χ0n) is 12.3. The highest BCUT2D eigenvalue weighted by molar-refractivity contribution is 6.03. The lowest BCUT2D eigenvalue weighted by Crippen LogP contribution is -2.13. The molecule has 110 valence electrons. The number of amides is 1. The molecule has 2 N–H and O–H groups in total. The Morgan fingerprint density at radius 1 is 1.19 bits per heavy atom. The molecule has 2 aromatic rings. The lowest BCUT2D eigenvalue weighted by molar-refractivity contribution is 0.0695. The molecule has 0 aliphatic rings. The number of carbonyl (C=O) groups excluding carboxylic acids is 1. The number of hydrogen-bond acceptors (Lipinski definition) is 4. The van der Waals surface area contributed by atoms with Gasteiger partial charge in [-0.25, -0.2) is 9.78 Å². The van der Waals surface area contributed by atoms with Crippen LogP contribution < -0.4 is 5.32 Å². The van der Waals surface area contributed by atoms with Crippen molar-refractivity contribution in [3.63, 3.8) is 0 Å². The van der Waals surface area contributed by atoms with Crippen molar-refractivity contribution in [1.29, 1.82) is 0 Å². The molecule has 0 radical (unpaired) electrons. The zero-order chi connectivity index (χ0) is 15.7. The Kier molecular flexibility index (Phi) is 3.80. The highest BCUT2D eigenvalue weighted by Crippen LogP contribution is 2.21. The van der Waals surface area contributed by atoms with E-state index in [1.165, 1.54) is 6.07 Å². The SMILES string of the molecule is Cc1nc(C)c(C(=O)Nc2cc(C)c(C)c(C(=O)O)c2)o1. The first-order valence-corrected chi connectivity index (χ1v) is 6.39. The van der Waals surface area contributed by atoms with Crippen molar-refractivity contribution in [2.24, 2.45) is 0 Å². The van der Waals surface area contributed by atoms with Gasteiger partial charge in [-0.3, -0.25) is 4.79 Å². The van der Waals surface area contributed by atoms with E-state index in [2.05, 4.69) is 10.3 Å². The zero-order valence-corrected chi connectivity index (χ0v) is 12.3. The van der Waals surface area contributed by atoms with Gasteiger partial charge in [0.25, 0.3) is 5.91 Å². The molecule has 2 rings (SSSR count). The molecular weight excluding hydrogens is 272 g/mol. The van der Waals surface area contributed by atoms with Gasteiger partial charge in [0, 0.05) is 12.6 Å². The van der Waals surface area contributed by atoms with Crippen LogP contribution in [-0.2, 0) is 0 Å². The molecule has 1 amide bonds. The molecule has 0 atom stereocenters. The Bertz CT molecular complexity index is 732. The number of nitrogens with one attached hydrogen (secondary N) is 1. The Balaban J connectivity index is 2.34. The second kappa shape index (κ2) is 5.40. The molecule has 0 spiro atoms. The van der Waals surface area contributed by atoms with Crippen molar-refractivity contribution in [1.82, 2.24) is 4.98 Å². The fourth-order valence-corrected chi connectivity index (χ4v) is 2.08. The number of benzene rings is 1. The summed E-state index contributed by atoms with van der Waals surface area (Å²) in [4.78, 5) is 27.4. The molecular formula is C15H16N2O4. The Morgan fingerprint density at radius 2 is 1.86 bits per heavy atom. The summed E-state index contributed by atoms with van der Waals surface area (Å²) < 4.78 is 5.24.